The lowest BCUT2D eigenvalue weighted by Crippen LogP contribution is -2.46. The zero-order valence-electron chi connectivity index (χ0n) is 18.7. The average molecular weight is 427 g/mol. The van der Waals surface area contributed by atoms with Gasteiger partial charge in [-0.15, -0.1) is 0 Å². The smallest absolute Gasteiger partial charge is 0.123 e. The van der Waals surface area contributed by atoms with E-state index >= 15 is 0 Å². The van der Waals surface area contributed by atoms with Crippen LogP contribution >= 0.6 is 11.9 Å². The summed E-state index contributed by atoms with van der Waals surface area (Å²) in [5.74, 6) is 0.612. The van der Waals surface area contributed by atoms with Crippen molar-refractivity contribution in [3.63, 3.8) is 0 Å². The van der Waals surface area contributed by atoms with Crippen LogP contribution in [0.5, 0.6) is 0 Å². The van der Waals surface area contributed by atoms with Gasteiger partial charge in [0.2, 0.25) is 0 Å². The van der Waals surface area contributed by atoms with Crippen LogP contribution < -0.4 is 0 Å². The predicted octanol–water partition coefficient (Wildman–Crippen LogP) is 6.18. The average Bonchev–Trinajstić information content (AvgIpc) is 2.73. The summed E-state index contributed by atoms with van der Waals surface area (Å²) in [5, 5.41) is 0. The Morgan fingerprint density at radius 3 is 2.07 bits per heavy atom. The van der Waals surface area contributed by atoms with Crippen molar-refractivity contribution in [3.8, 4) is 0 Å². The molecule has 0 atom stereocenters. The Hall–Kier alpha value is -1.36. The number of likely N-dealkylation sites (tertiary alicyclic amines) is 1. The van der Waals surface area contributed by atoms with Crippen molar-refractivity contribution in [1.82, 2.24) is 9.21 Å². The molecule has 0 amide bonds. The fourth-order valence-corrected chi connectivity index (χ4v) is 6.27. The highest BCUT2D eigenvalue weighted by atomic mass is 32.2. The Bertz CT molecular complexity index is 812. The van der Waals surface area contributed by atoms with Crippen LogP contribution in [0.3, 0.4) is 0 Å². The molecule has 30 heavy (non-hydrogen) atoms. The van der Waals surface area contributed by atoms with E-state index in [1.807, 2.05) is 24.1 Å². The maximum atomic E-state index is 13.1. The van der Waals surface area contributed by atoms with Crippen molar-refractivity contribution >= 4 is 11.9 Å². The van der Waals surface area contributed by atoms with Crippen molar-refractivity contribution in [1.29, 1.82) is 0 Å². The molecule has 0 radical (unpaired) electrons. The third-order valence-corrected chi connectivity index (χ3v) is 8.30. The van der Waals surface area contributed by atoms with Crippen LogP contribution in [0.4, 0.5) is 4.39 Å². The number of aryl methyl sites for hydroxylation is 3. The third kappa shape index (κ3) is 5.46. The Balaban J connectivity index is 1.23. The van der Waals surface area contributed by atoms with E-state index in [0.717, 1.165) is 18.4 Å². The second-order valence-electron chi connectivity index (χ2n) is 9.29. The number of benzene rings is 2. The number of piperidine rings is 2. The van der Waals surface area contributed by atoms with Crippen LogP contribution in [0.1, 0.15) is 47.9 Å². The summed E-state index contributed by atoms with van der Waals surface area (Å²) in [6.07, 6.45) is 6.19. The fraction of sp³-hybridized carbons (Fsp3) is 0.538. The van der Waals surface area contributed by atoms with E-state index in [1.54, 1.807) is 12.1 Å². The second-order valence-corrected chi connectivity index (χ2v) is 10.4. The van der Waals surface area contributed by atoms with Gasteiger partial charge < -0.3 is 4.90 Å². The molecule has 0 unspecified atom stereocenters. The Morgan fingerprint density at radius 1 is 0.867 bits per heavy atom. The number of hydrogen-bond donors (Lipinski definition) is 0. The molecule has 2 heterocycles. The van der Waals surface area contributed by atoms with E-state index in [9.17, 15) is 4.39 Å². The zero-order valence-corrected chi connectivity index (χ0v) is 19.5. The van der Waals surface area contributed by atoms with Crippen molar-refractivity contribution in [3.05, 3.63) is 64.5 Å². The minimum atomic E-state index is -0.134. The Kier molecular flexibility index (Phi) is 7.17. The maximum Gasteiger partial charge on any atom is 0.123 e. The third-order valence-electron chi connectivity index (χ3n) is 6.85. The van der Waals surface area contributed by atoms with Gasteiger partial charge in [0.25, 0.3) is 0 Å². The van der Waals surface area contributed by atoms with E-state index in [-0.39, 0.29) is 5.82 Å². The molecule has 4 rings (SSSR count). The molecule has 4 heteroatoms. The molecule has 0 aliphatic carbocycles. The normalized spacial score (nSPS) is 20.0. The summed E-state index contributed by atoms with van der Waals surface area (Å²) >= 11 is 1.97. The quantitative estimate of drug-likeness (QED) is 0.527. The van der Waals surface area contributed by atoms with Gasteiger partial charge in [-0.2, -0.15) is 0 Å². The molecule has 0 spiro atoms. The highest BCUT2D eigenvalue weighted by Crippen LogP contribution is 2.34. The zero-order chi connectivity index (χ0) is 21.1. The highest BCUT2D eigenvalue weighted by molar-refractivity contribution is 7.97. The van der Waals surface area contributed by atoms with Crippen molar-refractivity contribution < 1.29 is 4.39 Å². The Labute approximate surface area is 186 Å². The molecular weight excluding hydrogens is 391 g/mol. The lowest BCUT2D eigenvalue weighted by Gasteiger charge is -2.41. The summed E-state index contributed by atoms with van der Waals surface area (Å²) in [4.78, 5) is 4.19. The van der Waals surface area contributed by atoms with Crippen LogP contribution in [-0.4, -0.2) is 41.4 Å². The summed E-state index contributed by atoms with van der Waals surface area (Å²) in [6.45, 7) is 11.5. The summed E-state index contributed by atoms with van der Waals surface area (Å²) < 4.78 is 15.7. The molecule has 0 saturated carbocycles. The van der Waals surface area contributed by atoms with Crippen LogP contribution in [0, 0.1) is 32.5 Å². The van der Waals surface area contributed by atoms with E-state index < -0.39 is 0 Å². The first-order valence-electron chi connectivity index (χ1n) is 11.5. The van der Waals surface area contributed by atoms with E-state index in [2.05, 4.69) is 42.1 Å². The van der Waals surface area contributed by atoms with Crippen molar-refractivity contribution in [2.45, 2.75) is 63.8 Å². The summed E-state index contributed by atoms with van der Waals surface area (Å²) in [5.41, 5.74) is 5.45. The van der Waals surface area contributed by atoms with E-state index in [0.29, 0.717) is 0 Å². The van der Waals surface area contributed by atoms with E-state index in [4.69, 9.17) is 0 Å². The Morgan fingerprint density at radius 2 is 1.47 bits per heavy atom. The molecule has 2 aliphatic heterocycles. The SMILES string of the molecule is Cc1cc(C)c(SN2CCC(N3CCC(Cc4ccc(F)cc4)CC3)CC2)c(C)c1. The molecular formula is C26H35FN2S. The molecule has 2 aliphatic rings. The van der Waals surface area contributed by atoms with Crippen LogP contribution in [0.25, 0.3) is 0 Å². The van der Waals surface area contributed by atoms with Gasteiger partial charge in [0.15, 0.2) is 0 Å². The van der Waals surface area contributed by atoms with Gasteiger partial charge in [-0.25, -0.2) is 8.70 Å². The minimum Gasteiger partial charge on any atom is -0.300 e. The molecule has 2 aromatic rings. The number of hydrogen-bond acceptors (Lipinski definition) is 3. The van der Waals surface area contributed by atoms with Gasteiger partial charge in [0.05, 0.1) is 0 Å². The van der Waals surface area contributed by atoms with Gasteiger partial charge >= 0.3 is 0 Å². The van der Waals surface area contributed by atoms with Crippen LogP contribution in [-0.2, 0) is 6.42 Å². The lowest BCUT2D eigenvalue weighted by atomic mass is 9.89. The first kappa shape index (κ1) is 21.9. The largest absolute Gasteiger partial charge is 0.300 e. The first-order chi connectivity index (χ1) is 14.5. The van der Waals surface area contributed by atoms with Crippen LogP contribution in [0.2, 0.25) is 0 Å². The molecule has 2 saturated heterocycles. The minimum absolute atomic E-state index is 0.134. The van der Waals surface area contributed by atoms with Crippen molar-refractivity contribution in [2.75, 3.05) is 26.2 Å². The van der Waals surface area contributed by atoms with Crippen molar-refractivity contribution in [2.24, 2.45) is 5.92 Å². The maximum absolute atomic E-state index is 13.1. The predicted molar refractivity (Wildman–Crippen MR) is 126 cm³/mol. The van der Waals surface area contributed by atoms with Gasteiger partial charge in [0.1, 0.15) is 5.82 Å². The standard InChI is InChI=1S/C26H35FN2S/c1-19-16-20(2)26(21(3)17-19)30-29-14-10-25(11-15-29)28-12-8-23(9-13-28)18-22-4-6-24(27)7-5-22/h4-7,16-17,23,25H,8-15,18H2,1-3H3. The first-order valence-corrected chi connectivity index (χ1v) is 12.2. The lowest BCUT2D eigenvalue weighted by molar-refractivity contribution is 0.0989. The van der Waals surface area contributed by atoms with Gasteiger partial charge in [-0.05, 0) is 113 Å². The molecule has 0 bridgehead atoms. The molecule has 2 fully saturated rings. The molecule has 2 aromatic carbocycles. The highest BCUT2D eigenvalue weighted by Gasteiger charge is 2.29. The number of nitrogens with zero attached hydrogens (tertiary/aromatic N) is 2. The monoisotopic (exact) mass is 426 g/mol. The van der Waals surface area contributed by atoms with Gasteiger partial charge in [-0.1, -0.05) is 29.8 Å². The van der Waals surface area contributed by atoms with Gasteiger partial charge in [-0.3, -0.25) is 0 Å². The van der Waals surface area contributed by atoms with Crippen LogP contribution in [0.15, 0.2) is 41.3 Å². The van der Waals surface area contributed by atoms with E-state index in [1.165, 1.54) is 79.0 Å². The fourth-order valence-electron chi connectivity index (χ4n) is 5.21. The number of halogens is 1. The second kappa shape index (κ2) is 9.84. The molecule has 162 valence electrons. The topological polar surface area (TPSA) is 6.48 Å². The number of rotatable bonds is 5. The molecule has 0 aromatic heterocycles. The molecule has 0 N–H and O–H groups in total. The summed E-state index contributed by atoms with van der Waals surface area (Å²) in [7, 11) is 0. The summed E-state index contributed by atoms with van der Waals surface area (Å²) in [6, 6.07) is 12.4. The van der Waals surface area contributed by atoms with Gasteiger partial charge in [0, 0.05) is 24.0 Å². The molecule has 2 nitrogen and oxygen atoms in total.